The van der Waals surface area contributed by atoms with Crippen molar-refractivity contribution in [2.75, 3.05) is 23.3 Å². The molecule has 8 heteroatoms. The van der Waals surface area contributed by atoms with Gasteiger partial charge in [0.2, 0.25) is 0 Å². The summed E-state index contributed by atoms with van der Waals surface area (Å²) in [6.07, 6.45) is 0.796. The number of carbonyl (C=O) groups is 1. The Labute approximate surface area is 181 Å². The van der Waals surface area contributed by atoms with Gasteiger partial charge in [-0.2, -0.15) is 0 Å². The van der Waals surface area contributed by atoms with Crippen LogP contribution in [-0.4, -0.2) is 27.5 Å². The minimum absolute atomic E-state index is 0.0721. The van der Waals surface area contributed by atoms with Gasteiger partial charge in [0.15, 0.2) is 11.5 Å². The molecular formula is C23H22N2O5S. The van der Waals surface area contributed by atoms with Crippen LogP contribution in [0.3, 0.4) is 0 Å². The number of amides is 1. The summed E-state index contributed by atoms with van der Waals surface area (Å²) in [5, 5.41) is 2.79. The summed E-state index contributed by atoms with van der Waals surface area (Å²) in [4.78, 5) is 12.7. The fourth-order valence-corrected chi connectivity index (χ4v) is 4.25. The molecule has 1 aliphatic rings. The fraction of sp³-hybridized carbons (Fsp3) is 0.174. The number of hydrogen-bond acceptors (Lipinski definition) is 5. The number of rotatable bonds is 5. The Morgan fingerprint density at radius 3 is 2.35 bits per heavy atom. The summed E-state index contributed by atoms with van der Waals surface area (Å²) < 4.78 is 39.1. The molecule has 31 heavy (non-hydrogen) atoms. The number of nitrogens with one attached hydrogen (secondary N) is 2. The van der Waals surface area contributed by atoms with E-state index in [1.165, 1.54) is 24.3 Å². The Balaban J connectivity index is 1.47. The first-order chi connectivity index (χ1) is 14.9. The van der Waals surface area contributed by atoms with Gasteiger partial charge in [-0.05, 0) is 55.0 Å². The first kappa shape index (κ1) is 20.7. The monoisotopic (exact) mass is 438 g/mol. The van der Waals surface area contributed by atoms with Crippen LogP contribution in [0.25, 0.3) is 0 Å². The molecule has 2 N–H and O–H groups in total. The van der Waals surface area contributed by atoms with E-state index >= 15 is 0 Å². The summed E-state index contributed by atoms with van der Waals surface area (Å²) in [5.41, 5.74) is 2.23. The van der Waals surface area contributed by atoms with E-state index in [0.29, 0.717) is 41.7 Å². The highest BCUT2D eigenvalue weighted by Gasteiger charge is 2.17. The van der Waals surface area contributed by atoms with Crippen LogP contribution in [0.15, 0.2) is 71.6 Å². The fourth-order valence-electron chi connectivity index (χ4n) is 3.12. The summed E-state index contributed by atoms with van der Waals surface area (Å²) in [7, 11) is -3.76. The molecule has 1 aliphatic heterocycles. The van der Waals surface area contributed by atoms with E-state index in [9.17, 15) is 13.2 Å². The van der Waals surface area contributed by atoms with Crippen molar-refractivity contribution in [1.29, 1.82) is 0 Å². The SMILES string of the molecule is Cc1ccccc1NS(=O)(=O)c1ccc(C(=O)Nc2ccc3c(c2)OCCCO3)cc1. The average molecular weight is 439 g/mol. The molecule has 0 bridgehead atoms. The zero-order chi connectivity index (χ0) is 21.8. The zero-order valence-electron chi connectivity index (χ0n) is 16.9. The quantitative estimate of drug-likeness (QED) is 0.622. The van der Waals surface area contributed by atoms with Gasteiger partial charge in [0.1, 0.15) is 0 Å². The first-order valence-corrected chi connectivity index (χ1v) is 11.3. The highest BCUT2D eigenvalue weighted by atomic mass is 32.2. The molecule has 0 unspecified atom stereocenters. The topological polar surface area (TPSA) is 93.7 Å². The minimum Gasteiger partial charge on any atom is -0.490 e. The largest absolute Gasteiger partial charge is 0.490 e. The summed E-state index contributed by atoms with van der Waals surface area (Å²) in [6.45, 7) is 2.97. The molecule has 0 saturated carbocycles. The number of fused-ring (bicyclic) bond motifs is 1. The summed E-state index contributed by atoms with van der Waals surface area (Å²) in [6, 6.07) is 18.1. The van der Waals surface area contributed by atoms with E-state index in [4.69, 9.17) is 9.47 Å². The van der Waals surface area contributed by atoms with E-state index in [1.54, 1.807) is 30.3 Å². The van der Waals surface area contributed by atoms with Gasteiger partial charge in [-0.15, -0.1) is 0 Å². The number of aryl methyl sites for hydroxylation is 1. The van der Waals surface area contributed by atoms with Crippen LogP contribution in [0.4, 0.5) is 11.4 Å². The van der Waals surface area contributed by atoms with E-state index in [0.717, 1.165) is 12.0 Å². The van der Waals surface area contributed by atoms with Gasteiger partial charge in [-0.3, -0.25) is 9.52 Å². The van der Waals surface area contributed by atoms with Crippen molar-refractivity contribution >= 4 is 27.3 Å². The molecule has 3 aromatic carbocycles. The van der Waals surface area contributed by atoms with Crippen molar-refractivity contribution in [2.24, 2.45) is 0 Å². The third-order valence-electron chi connectivity index (χ3n) is 4.82. The van der Waals surface area contributed by atoms with Crippen LogP contribution in [0.2, 0.25) is 0 Å². The van der Waals surface area contributed by atoms with Crippen molar-refractivity contribution in [3.63, 3.8) is 0 Å². The van der Waals surface area contributed by atoms with Gasteiger partial charge in [0, 0.05) is 23.7 Å². The second kappa shape index (κ2) is 8.69. The first-order valence-electron chi connectivity index (χ1n) is 9.82. The predicted octanol–water partition coefficient (Wildman–Crippen LogP) is 4.21. The van der Waals surface area contributed by atoms with Crippen LogP contribution in [0.5, 0.6) is 11.5 Å². The highest BCUT2D eigenvalue weighted by molar-refractivity contribution is 7.92. The number of carbonyl (C=O) groups excluding carboxylic acids is 1. The van der Waals surface area contributed by atoms with Crippen LogP contribution >= 0.6 is 0 Å². The van der Waals surface area contributed by atoms with E-state index in [1.807, 2.05) is 19.1 Å². The van der Waals surface area contributed by atoms with Crippen molar-refractivity contribution < 1.29 is 22.7 Å². The number of ether oxygens (including phenoxy) is 2. The van der Waals surface area contributed by atoms with Crippen LogP contribution in [-0.2, 0) is 10.0 Å². The highest BCUT2D eigenvalue weighted by Crippen LogP contribution is 2.32. The molecule has 0 saturated heterocycles. The van der Waals surface area contributed by atoms with Gasteiger partial charge in [-0.1, -0.05) is 18.2 Å². The third kappa shape index (κ3) is 4.80. The molecule has 160 valence electrons. The Hall–Kier alpha value is -3.52. The molecule has 0 radical (unpaired) electrons. The lowest BCUT2D eigenvalue weighted by atomic mass is 10.2. The van der Waals surface area contributed by atoms with Gasteiger partial charge in [-0.25, -0.2) is 8.42 Å². The lowest BCUT2D eigenvalue weighted by Crippen LogP contribution is -2.15. The van der Waals surface area contributed by atoms with Crippen LogP contribution in [0, 0.1) is 6.92 Å². The third-order valence-corrected chi connectivity index (χ3v) is 6.20. The molecule has 3 aromatic rings. The molecule has 0 aliphatic carbocycles. The molecule has 0 fully saturated rings. The number of para-hydroxylation sites is 1. The van der Waals surface area contributed by atoms with E-state index in [2.05, 4.69) is 10.0 Å². The van der Waals surface area contributed by atoms with E-state index < -0.39 is 10.0 Å². The Morgan fingerprint density at radius 2 is 1.61 bits per heavy atom. The van der Waals surface area contributed by atoms with Crippen LogP contribution < -0.4 is 19.5 Å². The number of sulfonamides is 1. The van der Waals surface area contributed by atoms with Crippen LogP contribution in [0.1, 0.15) is 22.3 Å². The second-order valence-electron chi connectivity index (χ2n) is 7.11. The van der Waals surface area contributed by atoms with Crippen molar-refractivity contribution in [1.82, 2.24) is 0 Å². The number of hydrogen-bond donors (Lipinski definition) is 2. The Kier molecular flexibility index (Phi) is 5.81. The van der Waals surface area contributed by atoms with Gasteiger partial charge in [0.05, 0.1) is 23.8 Å². The molecule has 1 heterocycles. The lowest BCUT2D eigenvalue weighted by molar-refractivity contribution is 0.102. The predicted molar refractivity (Wildman–Crippen MR) is 118 cm³/mol. The summed E-state index contributed by atoms with van der Waals surface area (Å²) in [5.74, 6) is 0.871. The molecular weight excluding hydrogens is 416 g/mol. The molecule has 7 nitrogen and oxygen atoms in total. The normalized spacial score (nSPS) is 13.2. The minimum atomic E-state index is -3.76. The maximum atomic E-state index is 12.7. The number of benzene rings is 3. The Morgan fingerprint density at radius 1 is 0.903 bits per heavy atom. The maximum absolute atomic E-state index is 12.7. The van der Waals surface area contributed by atoms with Crippen molar-refractivity contribution in [3.05, 3.63) is 77.9 Å². The van der Waals surface area contributed by atoms with Gasteiger partial charge >= 0.3 is 0 Å². The van der Waals surface area contributed by atoms with Gasteiger partial charge < -0.3 is 14.8 Å². The molecule has 0 spiro atoms. The van der Waals surface area contributed by atoms with E-state index in [-0.39, 0.29) is 10.8 Å². The molecule has 0 aromatic heterocycles. The standard InChI is InChI=1S/C23H22N2O5S/c1-16-5-2-3-6-20(16)25-31(27,28)19-10-7-17(8-11-19)23(26)24-18-9-12-21-22(15-18)30-14-4-13-29-21/h2-3,5-12,15,25H,4,13-14H2,1H3,(H,24,26). The second-order valence-corrected chi connectivity index (χ2v) is 8.79. The maximum Gasteiger partial charge on any atom is 0.261 e. The van der Waals surface area contributed by atoms with Crippen molar-refractivity contribution in [3.8, 4) is 11.5 Å². The van der Waals surface area contributed by atoms with Crippen molar-refractivity contribution in [2.45, 2.75) is 18.2 Å². The molecule has 0 atom stereocenters. The van der Waals surface area contributed by atoms with Gasteiger partial charge in [0.25, 0.3) is 15.9 Å². The zero-order valence-corrected chi connectivity index (χ0v) is 17.7. The molecule has 1 amide bonds. The smallest absolute Gasteiger partial charge is 0.261 e. The lowest BCUT2D eigenvalue weighted by Gasteiger charge is -2.12. The Bertz CT molecular complexity index is 1210. The number of anilines is 2. The average Bonchev–Trinajstić information content (AvgIpc) is 3.00. The summed E-state index contributed by atoms with van der Waals surface area (Å²) >= 11 is 0. The molecule has 4 rings (SSSR count).